The van der Waals surface area contributed by atoms with Crippen molar-refractivity contribution in [3.8, 4) is 0 Å². The van der Waals surface area contributed by atoms with Gasteiger partial charge in [0.1, 0.15) is 5.82 Å². The standard InChI is InChI=1S/C14H15BrFN3O/c1-8(10-7-17-19(3)9(10)2)18-14(20)13-11(15)5-4-6-12(13)16/h4-8H,1-3H3,(H,18,20). The molecule has 0 aliphatic carbocycles. The number of aromatic nitrogens is 2. The molecular weight excluding hydrogens is 325 g/mol. The molecule has 1 aromatic carbocycles. The summed E-state index contributed by atoms with van der Waals surface area (Å²) in [5, 5.41) is 6.92. The maximum absolute atomic E-state index is 13.7. The van der Waals surface area contributed by atoms with Crippen molar-refractivity contribution < 1.29 is 9.18 Å². The lowest BCUT2D eigenvalue weighted by atomic mass is 10.1. The van der Waals surface area contributed by atoms with Crippen molar-refractivity contribution in [3.63, 3.8) is 0 Å². The SMILES string of the molecule is Cc1c(C(C)NC(=O)c2c(F)cccc2Br)cnn1C. The van der Waals surface area contributed by atoms with Gasteiger partial charge < -0.3 is 5.32 Å². The second kappa shape index (κ2) is 5.75. The predicted octanol–water partition coefficient (Wildman–Crippen LogP) is 3.12. The van der Waals surface area contributed by atoms with E-state index in [-0.39, 0.29) is 11.6 Å². The van der Waals surface area contributed by atoms with Crippen LogP contribution in [0.25, 0.3) is 0 Å². The molecule has 1 N–H and O–H groups in total. The second-order valence-electron chi connectivity index (χ2n) is 4.60. The van der Waals surface area contributed by atoms with Crippen LogP contribution in [-0.2, 0) is 7.05 Å². The highest BCUT2D eigenvalue weighted by atomic mass is 79.9. The van der Waals surface area contributed by atoms with E-state index < -0.39 is 11.7 Å². The Bertz CT molecular complexity index is 634. The zero-order valence-corrected chi connectivity index (χ0v) is 13.0. The molecule has 2 rings (SSSR count). The minimum absolute atomic E-state index is 0.0147. The molecule has 1 atom stereocenters. The lowest BCUT2D eigenvalue weighted by Crippen LogP contribution is -2.28. The van der Waals surface area contributed by atoms with Crippen LogP contribution in [0.2, 0.25) is 0 Å². The Hall–Kier alpha value is -1.69. The van der Waals surface area contributed by atoms with E-state index in [9.17, 15) is 9.18 Å². The number of hydrogen-bond acceptors (Lipinski definition) is 2. The van der Waals surface area contributed by atoms with Crippen molar-refractivity contribution in [3.05, 3.63) is 51.5 Å². The topological polar surface area (TPSA) is 46.9 Å². The molecule has 1 aromatic heterocycles. The first kappa shape index (κ1) is 14.7. The van der Waals surface area contributed by atoms with E-state index in [1.54, 1.807) is 23.0 Å². The van der Waals surface area contributed by atoms with Crippen LogP contribution in [0, 0.1) is 12.7 Å². The maximum atomic E-state index is 13.7. The molecule has 1 amide bonds. The molecule has 106 valence electrons. The molecule has 2 aromatic rings. The van der Waals surface area contributed by atoms with Crippen LogP contribution in [0.4, 0.5) is 4.39 Å². The van der Waals surface area contributed by atoms with Crippen LogP contribution >= 0.6 is 15.9 Å². The lowest BCUT2D eigenvalue weighted by Gasteiger charge is -2.14. The summed E-state index contributed by atoms with van der Waals surface area (Å²) in [6.45, 7) is 3.76. The van der Waals surface area contributed by atoms with E-state index in [2.05, 4.69) is 26.3 Å². The summed E-state index contributed by atoms with van der Waals surface area (Å²) in [6.07, 6.45) is 1.71. The summed E-state index contributed by atoms with van der Waals surface area (Å²) < 4.78 is 15.9. The first-order valence-corrected chi connectivity index (χ1v) is 6.94. The summed E-state index contributed by atoms with van der Waals surface area (Å²) in [5.74, 6) is -1.00. The number of hydrogen-bond donors (Lipinski definition) is 1. The number of carbonyl (C=O) groups excluding carboxylic acids is 1. The molecule has 1 heterocycles. The molecule has 0 radical (unpaired) electrons. The van der Waals surface area contributed by atoms with Crippen molar-refractivity contribution >= 4 is 21.8 Å². The van der Waals surface area contributed by atoms with Gasteiger partial charge in [0.2, 0.25) is 0 Å². The van der Waals surface area contributed by atoms with Gasteiger partial charge in [-0.15, -0.1) is 0 Å². The third-order valence-corrected chi connectivity index (χ3v) is 3.94. The number of amides is 1. The van der Waals surface area contributed by atoms with Gasteiger partial charge in [-0.05, 0) is 41.9 Å². The van der Waals surface area contributed by atoms with Gasteiger partial charge in [0.05, 0.1) is 17.8 Å². The Balaban J connectivity index is 2.22. The van der Waals surface area contributed by atoms with Gasteiger partial charge in [0.15, 0.2) is 0 Å². The second-order valence-corrected chi connectivity index (χ2v) is 5.46. The lowest BCUT2D eigenvalue weighted by molar-refractivity contribution is 0.0935. The first-order valence-electron chi connectivity index (χ1n) is 6.15. The molecule has 20 heavy (non-hydrogen) atoms. The third-order valence-electron chi connectivity index (χ3n) is 3.28. The molecule has 0 spiro atoms. The Kier molecular flexibility index (Phi) is 4.23. The molecule has 0 aliphatic heterocycles. The predicted molar refractivity (Wildman–Crippen MR) is 77.9 cm³/mol. The maximum Gasteiger partial charge on any atom is 0.255 e. The van der Waals surface area contributed by atoms with E-state index in [4.69, 9.17) is 0 Å². The molecular formula is C14H15BrFN3O. The van der Waals surface area contributed by atoms with Gasteiger partial charge in [-0.2, -0.15) is 5.10 Å². The zero-order valence-electron chi connectivity index (χ0n) is 11.4. The average Bonchev–Trinajstić information content (AvgIpc) is 2.69. The Morgan fingerprint density at radius 2 is 2.20 bits per heavy atom. The fraction of sp³-hybridized carbons (Fsp3) is 0.286. The summed E-state index contributed by atoms with van der Waals surface area (Å²) in [5.41, 5.74) is 1.89. The Morgan fingerprint density at radius 1 is 1.50 bits per heavy atom. The number of halogens is 2. The van der Waals surface area contributed by atoms with E-state index >= 15 is 0 Å². The molecule has 0 fully saturated rings. The van der Waals surface area contributed by atoms with E-state index in [1.165, 1.54) is 6.07 Å². The van der Waals surface area contributed by atoms with E-state index in [0.29, 0.717) is 4.47 Å². The van der Waals surface area contributed by atoms with Crippen molar-refractivity contribution in [1.82, 2.24) is 15.1 Å². The number of carbonyl (C=O) groups is 1. The molecule has 4 nitrogen and oxygen atoms in total. The summed E-state index contributed by atoms with van der Waals surface area (Å²) in [6, 6.07) is 4.20. The quantitative estimate of drug-likeness (QED) is 0.933. The number of aryl methyl sites for hydroxylation is 1. The normalized spacial score (nSPS) is 12.2. The van der Waals surface area contributed by atoms with Gasteiger partial charge >= 0.3 is 0 Å². The van der Waals surface area contributed by atoms with Crippen LogP contribution in [0.3, 0.4) is 0 Å². The van der Waals surface area contributed by atoms with Gasteiger partial charge in [-0.3, -0.25) is 9.48 Å². The van der Waals surface area contributed by atoms with Gasteiger partial charge in [0.25, 0.3) is 5.91 Å². The van der Waals surface area contributed by atoms with Gasteiger partial charge in [-0.1, -0.05) is 6.07 Å². The Labute approximate surface area is 125 Å². The number of benzene rings is 1. The minimum Gasteiger partial charge on any atom is -0.345 e. The third kappa shape index (κ3) is 2.75. The largest absolute Gasteiger partial charge is 0.345 e. The van der Waals surface area contributed by atoms with Crippen molar-refractivity contribution in [2.45, 2.75) is 19.9 Å². The summed E-state index contributed by atoms with van der Waals surface area (Å²) >= 11 is 3.20. The fourth-order valence-corrected chi connectivity index (χ4v) is 2.52. The number of nitrogens with zero attached hydrogens (tertiary/aromatic N) is 2. The van der Waals surface area contributed by atoms with Crippen LogP contribution in [-0.4, -0.2) is 15.7 Å². The molecule has 0 bridgehead atoms. The minimum atomic E-state index is -0.549. The molecule has 0 aliphatic rings. The van der Waals surface area contributed by atoms with Crippen molar-refractivity contribution in [2.75, 3.05) is 0 Å². The van der Waals surface area contributed by atoms with E-state index in [1.807, 2.05) is 20.9 Å². The molecule has 0 saturated carbocycles. The van der Waals surface area contributed by atoms with Crippen LogP contribution in [0.1, 0.15) is 34.6 Å². The van der Waals surface area contributed by atoms with E-state index in [0.717, 1.165) is 11.3 Å². The monoisotopic (exact) mass is 339 g/mol. The molecule has 1 unspecified atom stereocenters. The highest BCUT2D eigenvalue weighted by Crippen LogP contribution is 2.22. The summed E-state index contributed by atoms with van der Waals surface area (Å²) in [7, 11) is 1.83. The first-order chi connectivity index (χ1) is 9.41. The highest BCUT2D eigenvalue weighted by molar-refractivity contribution is 9.10. The fourth-order valence-electron chi connectivity index (χ4n) is 2.00. The van der Waals surface area contributed by atoms with Crippen molar-refractivity contribution in [2.24, 2.45) is 7.05 Å². The smallest absolute Gasteiger partial charge is 0.255 e. The highest BCUT2D eigenvalue weighted by Gasteiger charge is 2.19. The van der Waals surface area contributed by atoms with Crippen molar-refractivity contribution in [1.29, 1.82) is 0 Å². The molecule has 0 saturated heterocycles. The van der Waals surface area contributed by atoms with Gasteiger partial charge in [-0.25, -0.2) is 4.39 Å². The number of nitrogens with one attached hydrogen (secondary N) is 1. The summed E-state index contributed by atoms with van der Waals surface area (Å²) in [4.78, 5) is 12.2. The average molecular weight is 340 g/mol. The Morgan fingerprint density at radius 3 is 2.75 bits per heavy atom. The van der Waals surface area contributed by atoms with Gasteiger partial charge in [0, 0.05) is 22.8 Å². The van der Waals surface area contributed by atoms with Crippen LogP contribution in [0.5, 0.6) is 0 Å². The van der Waals surface area contributed by atoms with Crippen LogP contribution < -0.4 is 5.32 Å². The molecule has 6 heteroatoms. The zero-order chi connectivity index (χ0) is 14.9. The number of rotatable bonds is 3. The van der Waals surface area contributed by atoms with Crippen LogP contribution in [0.15, 0.2) is 28.9 Å².